The van der Waals surface area contributed by atoms with Crippen molar-refractivity contribution in [1.82, 2.24) is 0 Å². The van der Waals surface area contributed by atoms with E-state index >= 15 is 0 Å². The molecule has 0 unspecified atom stereocenters. The molecule has 0 N–H and O–H groups in total. The fraction of sp³-hybridized carbons (Fsp3) is 1.00. The van der Waals surface area contributed by atoms with Gasteiger partial charge in [0.2, 0.25) is 0 Å². The van der Waals surface area contributed by atoms with Crippen molar-refractivity contribution in [3.05, 3.63) is 0 Å². The van der Waals surface area contributed by atoms with Crippen LogP contribution in [0, 0.1) is 0 Å². The second kappa shape index (κ2) is 4.57. The third-order valence-corrected chi connectivity index (χ3v) is 1.97. The first-order chi connectivity index (χ1) is 6.41. The van der Waals surface area contributed by atoms with Crippen LogP contribution in [0.4, 0.5) is 0 Å². The van der Waals surface area contributed by atoms with Crippen LogP contribution in [-0.2, 0) is 18.9 Å². The fourth-order valence-corrected chi connectivity index (χ4v) is 1.06. The zero-order valence-corrected chi connectivity index (χ0v) is 9.46. The predicted octanol–water partition coefficient (Wildman–Crippen LogP) is 1.54. The molecule has 0 saturated carbocycles. The van der Waals surface area contributed by atoms with Crippen LogP contribution in [0.2, 0.25) is 0 Å². The second-order valence-corrected chi connectivity index (χ2v) is 4.74. The SMILES string of the molecule is CC1(C)COCO1.CC1(C)COCO1. The van der Waals surface area contributed by atoms with E-state index in [0.29, 0.717) is 13.6 Å². The molecule has 0 aromatic carbocycles. The van der Waals surface area contributed by atoms with E-state index in [1.54, 1.807) is 0 Å². The monoisotopic (exact) mass is 204 g/mol. The van der Waals surface area contributed by atoms with Crippen LogP contribution in [-0.4, -0.2) is 38.0 Å². The van der Waals surface area contributed by atoms with E-state index in [1.165, 1.54) is 0 Å². The average Bonchev–Trinajstić information content (AvgIpc) is 2.60. The molecular weight excluding hydrogens is 184 g/mol. The summed E-state index contributed by atoms with van der Waals surface area (Å²) in [7, 11) is 0. The van der Waals surface area contributed by atoms with E-state index < -0.39 is 0 Å². The highest BCUT2D eigenvalue weighted by molar-refractivity contribution is 4.69. The maximum atomic E-state index is 5.12. The number of hydrogen-bond donors (Lipinski definition) is 0. The Labute approximate surface area is 85.5 Å². The maximum absolute atomic E-state index is 5.12. The van der Waals surface area contributed by atoms with Gasteiger partial charge in [-0.25, -0.2) is 0 Å². The minimum absolute atomic E-state index is 0.0278. The predicted molar refractivity (Wildman–Crippen MR) is 52.0 cm³/mol. The normalized spacial score (nSPS) is 28.3. The van der Waals surface area contributed by atoms with Crippen LogP contribution in [0.3, 0.4) is 0 Å². The summed E-state index contributed by atoms with van der Waals surface area (Å²) in [5.41, 5.74) is -0.0556. The topological polar surface area (TPSA) is 36.9 Å². The molecule has 2 rings (SSSR count). The Balaban J connectivity index is 0.000000140. The minimum atomic E-state index is -0.0278. The molecule has 4 heteroatoms. The van der Waals surface area contributed by atoms with Crippen molar-refractivity contribution in [2.45, 2.75) is 38.9 Å². The molecule has 2 fully saturated rings. The third kappa shape index (κ3) is 4.37. The van der Waals surface area contributed by atoms with E-state index in [4.69, 9.17) is 18.9 Å². The van der Waals surface area contributed by atoms with Gasteiger partial charge in [0.05, 0.1) is 24.4 Å². The van der Waals surface area contributed by atoms with Gasteiger partial charge in [0.15, 0.2) is 0 Å². The number of ether oxygens (including phenoxy) is 4. The molecule has 2 aliphatic heterocycles. The molecule has 2 saturated heterocycles. The Morgan fingerprint density at radius 1 is 0.714 bits per heavy atom. The van der Waals surface area contributed by atoms with Gasteiger partial charge in [-0.3, -0.25) is 0 Å². The minimum Gasteiger partial charge on any atom is -0.352 e. The smallest absolute Gasteiger partial charge is 0.147 e. The van der Waals surface area contributed by atoms with Crippen molar-refractivity contribution in [2.75, 3.05) is 26.8 Å². The summed E-state index contributed by atoms with van der Waals surface area (Å²) in [5.74, 6) is 0. The highest BCUT2D eigenvalue weighted by Gasteiger charge is 2.24. The van der Waals surface area contributed by atoms with Gasteiger partial charge >= 0.3 is 0 Å². The zero-order valence-electron chi connectivity index (χ0n) is 9.46. The summed E-state index contributed by atoms with van der Waals surface area (Å²) in [6.45, 7) is 10.4. The number of rotatable bonds is 0. The van der Waals surface area contributed by atoms with Crippen LogP contribution < -0.4 is 0 Å². The van der Waals surface area contributed by atoms with E-state index in [-0.39, 0.29) is 11.2 Å². The maximum Gasteiger partial charge on any atom is 0.147 e. The van der Waals surface area contributed by atoms with Crippen LogP contribution in [0.15, 0.2) is 0 Å². The molecule has 0 atom stereocenters. The second-order valence-electron chi connectivity index (χ2n) is 4.74. The van der Waals surface area contributed by atoms with Crippen molar-refractivity contribution in [3.63, 3.8) is 0 Å². The van der Waals surface area contributed by atoms with Crippen molar-refractivity contribution in [3.8, 4) is 0 Å². The lowest BCUT2D eigenvalue weighted by molar-refractivity contribution is 0.0117. The fourth-order valence-electron chi connectivity index (χ4n) is 1.06. The zero-order chi connectivity index (χ0) is 10.7. The van der Waals surface area contributed by atoms with Gasteiger partial charge in [-0.15, -0.1) is 0 Å². The molecule has 0 aliphatic carbocycles. The standard InChI is InChI=1S/2C5H10O2/c2*1-5(2)3-6-4-7-5/h2*3-4H2,1-2H3. The summed E-state index contributed by atoms with van der Waals surface area (Å²) in [5, 5.41) is 0. The van der Waals surface area contributed by atoms with Crippen molar-refractivity contribution >= 4 is 0 Å². The molecule has 2 aliphatic rings. The van der Waals surface area contributed by atoms with Crippen molar-refractivity contribution < 1.29 is 18.9 Å². The van der Waals surface area contributed by atoms with Gasteiger partial charge in [0, 0.05) is 0 Å². The lowest BCUT2D eigenvalue weighted by Crippen LogP contribution is -2.20. The van der Waals surface area contributed by atoms with E-state index in [2.05, 4.69) is 0 Å². The van der Waals surface area contributed by atoms with Gasteiger partial charge in [-0.2, -0.15) is 0 Å². The van der Waals surface area contributed by atoms with E-state index in [0.717, 1.165) is 13.2 Å². The summed E-state index contributed by atoms with van der Waals surface area (Å²) in [4.78, 5) is 0. The van der Waals surface area contributed by atoms with Gasteiger partial charge in [0.1, 0.15) is 13.6 Å². The molecule has 14 heavy (non-hydrogen) atoms. The summed E-state index contributed by atoms with van der Waals surface area (Å²) in [6.07, 6.45) is 0. The van der Waals surface area contributed by atoms with Gasteiger partial charge in [-0.05, 0) is 27.7 Å². The van der Waals surface area contributed by atoms with Gasteiger partial charge in [0.25, 0.3) is 0 Å². The molecule has 0 spiro atoms. The molecule has 0 radical (unpaired) electrons. The van der Waals surface area contributed by atoms with Crippen LogP contribution in [0.1, 0.15) is 27.7 Å². The Kier molecular flexibility index (Phi) is 3.89. The highest BCUT2D eigenvalue weighted by Crippen LogP contribution is 2.15. The molecule has 2 heterocycles. The largest absolute Gasteiger partial charge is 0.352 e. The molecule has 0 amide bonds. The Hall–Kier alpha value is -0.160. The molecule has 0 aromatic heterocycles. The molecule has 4 nitrogen and oxygen atoms in total. The average molecular weight is 204 g/mol. The summed E-state index contributed by atoms with van der Waals surface area (Å²) >= 11 is 0. The Bertz CT molecular complexity index is 141. The molecule has 0 aromatic rings. The quantitative estimate of drug-likeness (QED) is 0.599. The van der Waals surface area contributed by atoms with Gasteiger partial charge in [-0.1, -0.05) is 0 Å². The van der Waals surface area contributed by atoms with E-state index in [9.17, 15) is 0 Å². The van der Waals surface area contributed by atoms with Crippen LogP contribution in [0.25, 0.3) is 0 Å². The first-order valence-corrected chi connectivity index (χ1v) is 4.85. The Morgan fingerprint density at radius 3 is 1.14 bits per heavy atom. The lowest BCUT2D eigenvalue weighted by Gasteiger charge is -2.11. The molecular formula is C10H20O4. The lowest BCUT2D eigenvalue weighted by atomic mass is 10.2. The van der Waals surface area contributed by atoms with Gasteiger partial charge < -0.3 is 18.9 Å². The molecule has 0 bridgehead atoms. The van der Waals surface area contributed by atoms with Crippen LogP contribution >= 0.6 is 0 Å². The first-order valence-electron chi connectivity index (χ1n) is 4.85. The first kappa shape index (κ1) is 11.9. The Morgan fingerprint density at radius 2 is 1.07 bits per heavy atom. The third-order valence-electron chi connectivity index (χ3n) is 1.97. The highest BCUT2D eigenvalue weighted by atomic mass is 16.7. The van der Waals surface area contributed by atoms with Crippen molar-refractivity contribution in [2.24, 2.45) is 0 Å². The van der Waals surface area contributed by atoms with Crippen molar-refractivity contribution in [1.29, 1.82) is 0 Å². The molecule has 84 valence electrons. The summed E-state index contributed by atoms with van der Waals surface area (Å²) < 4.78 is 20.1. The van der Waals surface area contributed by atoms with E-state index in [1.807, 2.05) is 27.7 Å². The van der Waals surface area contributed by atoms with Crippen LogP contribution in [0.5, 0.6) is 0 Å². The summed E-state index contributed by atoms with van der Waals surface area (Å²) in [6, 6.07) is 0. The number of hydrogen-bond acceptors (Lipinski definition) is 4.